The molecule has 0 aliphatic carbocycles. The fourth-order valence-corrected chi connectivity index (χ4v) is 2.82. The first-order valence-electron chi connectivity index (χ1n) is 4.36. The zero-order valence-corrected chi connectivity index (χ0v) is 12.5. The molecule has 0 aromatic carbocycles. The van der Waals surface area contributed by atoms with Crippen LogP contribution in [0.2, 0.25) is 0 Å². The summed E-state index contributed by atoms with van der Waals surface area (Å²) in [6.45, 7) is -0.162. The van der Waals surface area contributed by atoms with Crippen LogP contribution in [-0.2, 0) is 16.1 Å². The van der Waals surface area contributed by atoms with E-state index in [0.717, 1.165) is 0 Å². The number of halogens is 2. The highest BCUT2D eigenvalue weighted by Gasteiger charge is 2.07. The van der Waals surface area contributed by atoms with Gasteiger partial charge in [0.15, 0.2) is 0 Å². The Balaban J connectivity index is 2.75. The predicted molar refractivity (Wildman–Crippen MR) is 74.2 cm³/mol. The first kappa shape index (κ1) is 13.9. The van der Waals surface area contributed by atoms with Gasteiger partial charge in [0, 0.05) is 12.4 Å². The smallest absolute Gasteiger partial charge is 0.326 e. The Kier molecular flexibility index (Phi) is 5.69. The van der Waals surface area contributed by atoms with Crippen LogP contribution in [0.5, 0.6) is 0 Å². The third kappa shape index (κ3) is 4.01. The Morgan fingerprint density at radius 2 is 1.94 bits per heavy atom. The Bertz CT molecular complexity index is 417. The third-order valence-electron chi connectivity index (χ3n) is 1.66. The highest BCUT2D eigenvalue weighted by molar-refractivity contribution is 14.1. The van der Waals surface area contributed by atoms with Crippen molar-refractivity contribution in [2.75, 3.05) is 13.2 Å². The number of ether oxygens (including phenoxy) is 1. The summed E-state index contributed by atoms with van der Waals surface area (Å²) >= 11 is 3.84. The normalized spacial score (nSPS) is 10.2. The molecule has 1 aromatic rings. The van der Waals surface area contributed by atoms with Gasteiger partial charge in [0.05, 0.1) is 13.7 Å². The number of carbonyl (C=O) groups is 1. The molecule has 0 radical (unpaired) electrons. The molecular weight excluding hydrogens is 440 g/mol. The summed E-state index contributed by atoms with van der Waals surface area (Å²) in [6.07, 6.45) is 3.18. The molecule has 16 heavy (non-hydrogen) atoms. The number of carbonyl (C=O) groups excluding carboxylic acids is 1. The van der Waals surface area contributed by atoms with Crippen LogP contribution in [0.3, 0.4) is 0 Å². The standard InChI is InChI=1S/C9H9I2NO4/c10-6-3-12(4-7(11)9(6)15)5-8(14)16-2-1-13/h3-4,13H,1-2,5H2. The number of nitrogens with zero attached hydrogens (tertiary/aromatic N) is 1. The monoisotopic (exact) mass is 449 g/mol. The molecule has 0 aliphatic rings. The van der Waals surface area contributed by atoms with E-state index in [2.05, 4.69) is 0 Å². The molecule has 0 bridgehead atoms. The van der Waals surface area contributed by atoms with Gasteiger partial charge in [-0.15, -0.1) is 0 Å². The lowest BCUT2D eigenvalue weighted by molar-refractivity contribution is -0.145. The van der Waals surface area contributed by atoms with Crippen LogP contribution >= 0.6 is 45.2 Å². The van der Waals surface area contributed by atoms with Gasteiger partial charge >= 0.3 is 5.97 Å². The van der Waals surface area contributed by atoms with Crippen molar-refractivity contribution in [3.05, 3.63) is 29.8 Å². The van der Waals surface area contributed by atoms with Gasteiger partial charge in [-0.1, -0.05) is 0 Å². The van der Waals surface area contributed by atoms with Crippen molar-refractivity contribution >= 4 is 51.2 Å². The van der Waals surface area contributed by atoms with E-state index in [1.165, 1.54) is 0 Å². The molecule has 0 unspecified atom stereocenters. The van der Waals surface area contributed by atoms with Crippen LogP contribution in [-0.4, -0.2) is 28.9 Å². The molecule has 0 saturated carbocycles. The summed E-state index contributed by atoms with van der Waals surface area (Å²) in [7, 11) is 0. The van der Waals surface area contributed by atoms with Crippen LogP contribution in [0, 0.1) is 7.14 Å². The second-order valence-corrected chi connectivity index (χ2v) is 5.22. The average Bonchev–Trinajstić information content (AvgIpc) is 2.23. The van der Waals surface area contributed by atoms with Gasteiger partial charge in [-0.2, -0.15) is 0 Å². The maximum atomic E-state index is 11.4. The Labute approximate surface area is 119 Å². The zero-order chi connectivity index (χ0) is 12.1. The molecule has 88 valence electrons. The molecule has 0 aliphatic heterocycles. The van der Waals surface area contributed by atoms with Crippen LogP contribution in [0.1, 0.15) is 0 Å². The van der Waals surface area contributed by atoms with E-state index in [0.29, 0.717) is 7.14 Å². The van der Waals surface area contributed by atoms with E-state index < -0.39 is 5.97 Å². The summed E-state index contributed by atoms with van der Waals surface area (Å²) in [5.74, 6) is -0.440. The maximum absolute atomic E-state index is 11.4. The van der Waals surface area contributed by atoms with Crippen molar-refractivity contribution in [1.82, 2.24) is 4.57 Å². The first-order valence-corrected chi connectivity index (χ1v) is 6.52. The number of rotatable bonds is 4. The van der Waals surface area contributed by atoms with E-state index in [-0.39, 0.29) is 25.2 Å². The number of esters is 1. The molecule has 1 N–H and O–H groups in total. The van der Waals surface area contributed by atoms with Gasteiger partial charge < -0.3 is 14.4 Å². The van der Waals surface area contributed by atoms with Gasteiger partial charge in [0.1, 0.15) is 13.2 Å². The summed E-state index contributed by atoms with van der Waals surface area (Å²) in [5.41, 5.74) is -0.0406. The van der Waals surface area contributed by atoms with Gasteiger partial charge in [-0.25, -0.2) is 0 Å². The third-order valence-corrected chi connectivity index (χ3v) is 3.20. The molecule has 1 rings (SSSR count). The van der Waals surface area contributed by atoms with Crippen molar-refractivity contribution < 1.29 is 14.6 Å². The summed E-state index contributed by atoms with van der Waals surface area (Å²) < 4.78 is 7.41. The van der Waals surface area contributed by atoms with Crippen molar-refractivity contribution in [2.24, 2.45) is 0 Å². The van der Waals surface area contributed by atoms with Crippen LogP contribution in [0.15, 0.2) is 17.2 Å². The minimum Gasteiger partial charge on any atom is -0.462 e. The van der Waals surface area contributed by atoms with Crippen molar-refractivity contribution in [1.29, 1.82) is 0 Å². The Morgan fingerprint density at radius 3 is 2.44 bits per heavy atom. The minimum atomic E-state index is -0.440. The van der Waals surface area contributed by atoms with Gasteiger partial charge in [-0.05, 0) is 45.2 Å². The van der Waals surface area contributed by atoms with E-state index in [4.69, 9.17) is 9.84 Å². The first-order chi connectivity index (χ1) is 7.54. The van der Waals surface area contributed by atoms with Gasteiger partial charge in [-0.3, -0.25) is 9.59 Å². The highest BCUT2D eigenvalue weighted by atomic mass is 127. The molecule has 0 fully saturated rings. The fraction of sp³-hybridized carbons (Fsp3) is 0.333. The summed E-state index contributed by atoms with van der Waals surface area (Å²) in [6, 6.07) is 0. The van der Waals surface area contributed by atoms with E-state index >= 15 is 0 Å². The lowest BCUT2D eigenvalue weighted by Gasteiger charge is -2.07. The Hall–Kier alpha value is -0.160. The molecule has 7 heteroatoms. The lowest BCUT2D eigenvalue weighted by Crippen LogP contribution is -2.19. The summed E-state index contributed by atoms with van der Waals surface area (Å²) in [5, 5.41) is 8.48. The lowest BCUT2D eigenvalue weighted by atomic mass is 10.4. The quantitative estimate of drug-likeness (QED) is 0.541. The number of aliphatic hydroxyl groups is 1. The second kappa shape index (κ2) is 6.55. The average molecular weight is 449 g/mol. The Morgan fingerprint density at radius 1 is 1.38 bits per heavy atom. The number of hydrogen-bond donors (Lipinski definition) is 1. The molecule has 1 heterocycles. The maximum Gasteiger partial charge on any atom is 0.326 e. The number of pyridine rings is 1. The van der Waals surface area contributed by atoms with Gasteiger partial charge in [0.25, 0.3) is 0 Å². The van der Waals surface area contributed by atoms with Crippen LogP contribution in [0.4, 0.5) is 0 Å². The van der Waals surface area contributed by atoms with E-state index in [1.807, 2.05) is 45.2 Å². The van der Waals surface area contributed by atoms with Crippen molar-refractivity contribution in [3.8, 4) is 0 Å². The zero-order valence-electron chi connectivity index (χ0n) is 8.15. The van der Waals surface area contributed by atoms with Crippen LogP contribution < -0.4 is 5.43 Å². The fourth-order valence-electron chi connectivity index (χ4n) is 1.01. The molecule has 0 amide bonds. The summed E-state index contributed by atoms with van der Waals surface area (Å²) in [4.78, 5) is 22.6. The predicted octanol–water partition coefficient (Wildman–Crippen LogP) is 0.593. The SMILES string of the molecule is O=C(Cn1cc(I)c(=O)c(I)c1)OCCO. The molecule has 1 aromatic heterocycles. The topological polar surface area (TPSA) is 68.5 Å². The number of aromatic nitrogens is 1. The molecule has 0 atom stereocenters. The van der Waals surface area contributed by atoms with Crippen LogP contribution in [0.25, 0.3) is 0 Å². The number of aliphatic hydroxyl groups excluding tert-OH is 1. The molecule has 0 saturated heterocycles. The number of hydrogen-bond acceptors (Lipinski definition) is 4. The van der Waals surface area contributed by atoms with Crippen molar-refractivity contribution in [3.63, 3.8) is 0 Å². The molecular formula is C9H9I2NO4. The second-order valence-electron chi connectivity index (χ2n) is 2.90. The largest absolute Gasteiger partial charge is 0.462 e. The highest BCUT2D eigenvalue weighted by Crippen LogP contribution is 2.04. The van der Waals surface area contributed by atoms with E-state index in [9.17, 15) is 9.59 Å². The van der Waals surface area contributed by atoms with Crippen molar-refractivity contribution in [2.45, 2.75) is 6.54 Å². The minimum absolute atomic E-state index is 0.00673. The van der Waals surface area contributed by atoms with E-state index in [1.54, 1.807) is 17.0 Å². The van der Waals surface area contributed by atoms with Gasteiger partial charge in [0.2, 0.25) is 5.43 Å². The molecule has 0 spiro atoms. The molecule has 5 nitrogen and oxygen atoms in total.